The SMILES string of the molecule is CN(C(=O)c1cncc(O)c1)C1CCCCC1. The number of carbonyl (C=O) groups excluding carboxylic acids is 1. The molecule has 1 aliphatic carbocycles. The Morgan fingerprint density at radius 1 is 1.35 bits per heavy atom. The van der Waals surface area contributed by atoms with E-state index in [1.807, 2.05) is 7.05 Å². The fourth-order valence-electron chi connectivity index (χ4n) is 2.38. The van der Waals surface area contributed by atoms with Crippen molar-refractivity contribution in [2.75, 3.05) is 7.05 Å². The summed E-state index contributed by atoms with van der Waals surface area (Å²) < 4.78 is 0. The van der Waals surface area contributed by atoms with Crippen molar-refractivity contribution in [1.82, 2.24) is 9.88 Å². The Labute approximate surface area is 101 Å². The average molecular weight is 234 g/mol. The number of amides is 1. The minimum atomic E-state index is -0.0553. The fraction of sp³-hybridized carbons (Fsp3) is 0.538. The van der Waals surface area contributed by atoms with Crippen LogP contribution in [-0.2, 0) is 0 Å². The Balaban J connectivity index is 2.08. The van der Waals surface area contributed by atoms with Crippen LogP contribution in [0.25, 0.3) is 0 Å². The molecule has 1 amide bonds. The monoisotopic (exact) mass is 234 g/mol. The Hall–Kier alpha value is -1.58. The van der Waals surface area contributed by atoms with Crippen molar-refractivity contribution in [3.05, 3.63) is 24.0 Å². The highest BCUT2D eigenvalue weighted by atomic mass is 16.3. The van der Waals surface area contributed by atoms with Gasteiger partial charge < -0.3 is 10.0 Å². The van der Waals surface area contributed by atoms with Crippen molar-refractivity contribution < 1.29 is 9.90 Å². The van der Waals surface area contributed by atoms with E-state index in [-0.39, 0.29) is 11.7 Å². The van der Waals surface area contributed by atoms with Gasteiger partial charge in [-0.3, -0.25) is 9.78 Å². The maximum atomic E-state index is 12.2. The van der Waals surface area contributed by atoms with Crippen molar-refractivity contribution in [2.45, 2.75) is 38.1 Å². The molecule has 1 heterocycles. The third-order valence-corrected chi connectivity index (χ3v) is 3.41. The summed E-state index contributed by atoms with van der Waals surface area (Å²) >= 11 is 0. The van der Waals surface area contributed by atoms with Gasteiger partial charge in [-0.25, -0.2) is 0 Å². The fourth-order valence-corrected chi connectivity index (χ4v) is 2.38. The van der Waals surface area contributed by atoms with E-state index in [9.17, 15) is 9.90 Å². The highest BCUT2D eigenvalue weighted by Gasteiger charge is 2.23. The summed E-state index contributed by atoms with van der Waals surface area (Å²) in [7, 11) is 1.84. The van der Waals surface area contributed by atoms with Crippen LogP contribution in [0.3, 0.4) is 0 Å². The molecule has 4 heteroatoms. The molecular weight excluding hydrogens is 216 g/mol. The molecule has 0 aliphatic heterocycles. The van der Waals surface area contributed by atoms with Crippen LogP contribution in [0.5, 0.6) is 5.75 Å². The van der Waals surface area contributed by atoms with Crippen LogP contribution in [0.1, 0.15) is 42.5 Å². The van der Waals surface area contributed by atoms with Gasteiger partial charge in [0.1, 0.15) is 5.75 Å². The smallest absolute Gasteiger partial charge is 0.255 e. The maximum absolute atomic E-state index is 12.2. The average Bonchev–Trinajstić information content (AvgIpc) is 2.38. The molecule has 1 saturated carbocycles. The lowest BCUT2D eigenvalue weighted by Crippen LogP contribution is -2.38. The molecular formula is C13H18N2O2. The third kappa shape index (κ3) is 2.75. The summed E-state index contributed by atoms with van der Waals surface area (Å²) in [6.45, 7) is 0. The zero-order valence-electron chi connectivity index (χ0n) is 10.1. The van der Waals surface area contributed by atoms with Crippen molar-refractivity contribution in [3.8, 4) is 5.75 Å². The summed E-state index contributed by atoms with van der Waals surface area (Å²) in [6.07, 6.45) is 8.65. The van der Waals surface area contributed by atoms with Crippen LogP contribution >= 0.6 is 0 Å². The molecule has 0 aromatic carbocycles. The third-order valence-electron chi connectivity index (χ3n) is 3.41. The maximum Gasteiger partial charge on any atom is 0.255 e. The van der Waals surface area contributed by atoms with Gasteiger partial charge in [-0.05, 0) is 18.9 Å². The van der Waals surface area contributed by atoms with E-state index in [1.165, 1.54) is 37.7 Å². The Bertz CT molecular complexity index is 400. The van der Waals surface area contributed by atoms with E-state index in [0.717, 1.165) is 12.8 Å². The summed E-state index contributed by atoms with van der Waals surface area (Å²) in [5.74, 6) is -0.0202. The molecule has 0 saturated heterocycles. The number of hydrogen-bond acceptors (Lipinski definition) is 3. The molecule has 1 fully saturated rings. The van der Waals surface area contributed by atoms with E-state index in [1.54, 1.807) is 4.90 Å². The number of aromatic hydroxyl groups is 1. The second-order valence-corrected chi connectivity index (χ2v) is 4.64. The van der Waals surface area contributed by atoms with Crippen LogP contribution in [0.15, 0.2) is 18.5 Å². The summed E-state index contributed by atoms with van der Waals surface area (Å²) in [5.41, 5.74) is 0.457. The number of carbonyl (C=O) groups is 1. The normalized spacial score (nSPS) is 16.8. The molecule has 0 bridgehead atoms. The van der Waals surface area contributed by atoms with Gasteiger partial charge in [-0.2, -0.15) is 0 Å². The molecule has 92 valence electrons. The summed E-state index contributed by atoms with van der Waals surface area (Å²) in [5, 5.41) is 9.32. The number of rotatable bonds is 2. The van der Waals surface area contributed by atoms with Crippen molar-refractivity contribution in [2.24, 2.45) is 0 Å². The number of hydrogen-bond donors (Lipinski definition) is 1. The molecule has 4 nitrogen and oxygen atoms in total. The lowest BCUT2D eigenvalue weighted by Gasteiger charge is -2.31. The van der Waals surface area contributed by atoms with Crippen LogP contribution in [0, 0.1) is 0 Å². The number of aromatic nitrogens is 1. The molecule has 1 aromatic rings. The lowest BCUT2D eigenvalue weighted by molar-refractivity contribution is 0.0695. The van der Waals surface area contributed by atoms with Crippen LogP contribution in [-0.4, -0.2) is 34.0 Å². The predicted molar refractivity (Wildman–Crippen MR) is 64.9 cm³/mol. The first kappa shape index (κ1) is 11.9. The Morgan fingerprint density at radius 3 is 2.71 bits per heavy atom. The zero-order valence-corrected chi connectivity index (χ0v) is 10.1. The van der Waals surface area contributed by atoms with Crippen LogP contribution in [0.4, 0.5) is 0 Å². The van der Waals surface area contributed by atoms with Gasteiger partial charge in [0.05, 0.1) is 11.8 Å². The van der Waals surface area contributed by atoms with E-state index in [2.05, 4.69) is 4.98 Å². The summed E-state index contributed by atoms with van der Waals surface area (Å²) in [4.78, 5) is 17.8. The van der Waals surface area contributed by atoms with Crippen molar-refractivity contribution in [3.63, 3.8) is 0 Å². The van der Waals surface area contributed by atoms with E-state index >= 15 is 0 Å². The number of pyridine rings is 1. The second kappa shape index (κ2) is 5.17. The second-order valence-electron chi connectivity index (χ2n) is 4.64. The van der Waals surface area contributed by atoms with Gasteiger partial charge in [-0.15, -0.1) is 0 Å². The summed E-state index contributed by atoms with van der Waals surface area (Å²) in [6, 6.07) is 1.80. The first-order chi connectivity index (χ1) is 8.18. The molecule has 17 heavy (non-hydrogen) atoms. The standard InChI is InChI=1S/C13H18N2O2/c1-15(11-5-3-2-4-6-11)13(17)10-7-12(16)9-14-8-10/h7-9,11,16H,2-6H2,1H3. The van der Waals surface area contributed by atoms with Gasteiger partial charge in [0.25, 0.3) is 5.91 Å². The predicted octanol–water partition coefficient (Wildman–Crippen LogP) is 2.19. The lowest BCUT2D eigenvalue weighted by atomic mass is 9.94. The largest absolute Gasteiger partial charge is 0.506 e. The highest BCUT2D eigenvalue weighted by molar-refractivity contribution is 5.94. The van der Waals surface area contributed by atoms with E-state index in [0.29, 0.717) is 11.6 Å². The molecule has 2 rings (SSSR count). The minimum absolute atomic E-state index is 0.0351. The molecule has 0 radical (unpaired) electrons. The van der Waals surface area contributed by atoms with E-state index in [4.69, 9.17) is 0 Å². The molecule has 1 aromatic heterocycles. The molecule has 0 unspecified atom stereocenters. The molecule has 0 atom stereocenters. The van der Waals surface area contributed by atoms with Gasteiger partial charge in [0, 0.05) is 19.3 Å². The highest BCUT2D eigenvalue weighted by Crippen LogP contribution is 2.23. The van der Waals surface area contributed by atoms with Crippen LogP contribution in [0.2, 0.25) is 0 Å². The van der Waals surface area contributed by atoms with E-state index < -0.39 is 0 Å². The van der Waals surface area contributed by atoms with Crippen LogP contribution < -0.4 is 0 Å². The number of nitrogens with zero attached hydrogens (tertiary/aromatic N) is 2. The van der Waals surface area contributed by atoms with Gasteiger partial charge >= 0.3 is 0 Å². The zero-order chi connectivity index (χ0) is 12.3. The topological polar surface area (TPSA) is 53.4 Å². The molecule has 1 aliphatic rings. The molecule has 0 spiro atoms. The van der Waals surface area contributed by atoms with Crippen molar-refractivity contribution in [1.29, 1.82) is 0 Å². The molecule has 1 N–H and O–H groups in total. The Morgan fingerprint density at radius 2 is 2.06 bits per heavy atom. The Kier molecular flexibility index (Phi) is 3.61. The first-order valence-electron chi connectivity index (χ1n) is 6.09. The van der Waals surface area contributed by atoms with Gasteiger partial charge in [0.15, 0.2) is 0 Å². The van der Waals surface area contributed by atoms with Crippen molar-refractivity contribution >= 4 is 5.91 Å². The van der Waals surface area contributed by atoms with Gasteiger partial charge in [0.2, 0.25) is 0 Å². The minimum Gasteiger partial charge on any atom is -0.506 e. The quantitative estimate of drug-likeness (QED) is 0.853. The van der Waals surface area contributed by atoms with Gasteiger partial charge in [-0.1, -0.05) is 19.3 Å². The first-order valence-corrected chi connectivity index (χ1v) is 6.09.